The van der Waals surface area contributed by atoms with Crippen molar-refractivity contribution in [3.05, 3.63) is 34.9 Å². The van der Waals surface area contributed by atoms with Crippen molar-refractivity contribution in [1.29, 1.82) is 0 Å². The molecule has 0 spiro atoms. The van der Waals surface area contributed by atoms with E-state index in [2.05, 4.69) is 15.4 Å². The Kier molecular flexibility index (Phi) is 6.17. The Labute approximate surface area is 141 Å². The van der Waals surface area contributed by atoms with Gasteiger partial charge in [-0.25, -0.2) is 9.59 Å². The molecule has 1 aromatic carbocycles. The second-order valence-electron chi connectivity index (χ2n) is 5.76. The highest BCUT2D eigenvalue weighted by Crippen LogP contribution is 2.12. The van der Waals surface area contributed by atoms with Crippen LogP contribution in [-0.4, -0.2) is 49.6 Å². The average molecular weight is 333 g/mol. The zero-order chi connectivity index (χ0) is 17.5. The number of amides is 3. The summed E-state index contributed by atoms with van der Waals surface area (Å²) in [6.45, 7) is 3.65. The van der Waals surface area contributed by atoms with Gasteiger partial charge in [0.2, 0.25) is 5.91 Å². The molecule has 1 heterocycles. The molecule has 24 heavy (non-hydrogen) atoms. The highest BCUT2D eigenvalue weighted by Gasteiger charge is 2.18. The Bertz CT molecular complexity index is 624. The highest BCUT2D eigenvalue weighted by molar-refractivity contribution is 5.89. The van der Waals surface area contributed by atoms with Crippen LogP contribution in [0.1, 0.15) is 34.3 Å². The first-order valence-electron chi connectivity index (χ1n) is 7.98. The molecular weight excluding hydrogens is 310 g/mol. The van der Waals surface area contributed by atoms with Crippen LogP contribution in [0.5, 0.6) is 0 Å². The molecule has 1 aromatic rings. The van der Waals surface area contributed by atoms with E-state index in [-0.39, 0.29) is 18.5 Å². The molecule has 1 aliphatic rings. The fourth-order valence-electron chi connectivity index (χ4n) is 2.58. The first-order chi connectivity index (χ1) is 11.5. The molecule has 7 heteroatoms. The maximum Gasteiger partial charge on any atom is 0.337 e. The number of aryl methyl sites for hydroxylation is 1. The van der Waals surface area contributed by atoms with E-state index in [1.165, 1.54) is 7.11 Å². The summed E-state index contributed by atoms with van der Waals surface area (Å²) in [7, 11) is 1.34. The van der Waals surface area contributed by atoms with Crippen LogP contribution >= 0.6 is 0 Å². The topological polar surface area (TPSA) is 87.7 Å². The molecule has 0 aromatic heterocycles. The molecule has 0 radical (unpaired) electrons. The smallest absolute Gasteiger partial charge is 0.337 e. The lowest BCUT2D eigenvalue weighted by molar-refractivity contribution is -0.120. The molecule has 1 aliphatic heterocycles. The van der Waals surface area contributed by atoms with Crippen LogP contribution in [0.4, 0.5) is 4.79 Å². The number of esters is 1. The number of nitrogens with zero attached hydrogens (tertiary/aromatic N) is 1. The lowest BCUT2D eigenvalue weighted by Crippen LogP contribution is -2.43. The predicted molar refractivity (Wildman–Crippen MR) is 88.6 cm³/mol. The quantitative estimate of drug-likeness (QED) is 0.793. The molecule has 7 nitrogen and oxygen atoms in total. The predicted octanol–water partition coefficient (Wildman–Crippen LogP) is 1.20. The van der Waals surface area contributed by atoms with Crippen molar-refractivity contribution >= 4 is 17.9 Å². The third-order valence-electron chi connectivity index (χ3n) is 4.03. The summed E-state index contributed by atoms with van der Waals surface area (Å²) in [5.74, 6) is -0.641. The number of urea groups is 1. The number of carbonyl (C=O) groups excluding carboxylic acids is 3. The van der Waals surface area contributed by atoms with Gasteiger partial charge in [-0.3, -0.25) is 4.79 Å². The van der Waals surface area contributed by atoms with Gasteiger partial charge < -0.3 is 20.3 Å². The molecule has 1 fully saturated rings. The molecule has 0 bridgehead atoms. The van der Waals surface area contributed by atoms with E-state index in [1.807, 2.05) is 6.92 Å². The molecule has 130 valence electrons. The van der Waals surface area contributed by atoms with Crippen molar-refractivity contribution in [2.24, 2.45) is 0 Å². The maximum atomic E-state index is 11.9. The van der Waals surface area contributed by atoms with Crippen LogP contribution < -0.4 is 10.6 Å². The fraction of sp³-hybridized carbons (Fsp3) is 0.471. The lowest BCUT2D eigenvalue weighted by atomic mass is 10.1. The molecule has 2 rings (SSSR count). The van der Waals surface area contributed by atoms with Crippen molar-refractivity contribution in [3.63, 3.8) is 0 Å². The van der Waals surface area contributed by atoms with Gasteiger partial charge >= 0.3 is 12.0 Å². The molecule has 0 unspecified atom stereocenters. The molecule has 1 saturated heterocycles. The van der Waals surface area contributed by atoms with E-state index < -0.39 is 5.97 Å². The first-order valence-corrected chi connectivity index (χ1v) is 7.98. The number of benzene rings is 1. The zero-order valence-electron chi connectivity index (χ0n) is 14.1. The van der Waals surface area contributed by atoms with Crippen molar-refractivity contribution in [3.8, 4) is 0 Å². The minimum atomic E-state index is -0.390. The number of rotatable bonds is 5. The highest BCUT2D eigenvalue weighted by atomic mass is 16.5. The minimum Gasteiger partial charge on any atom is -0.465 e. The molecule has 0 saturated carbocycles. The Hall–Kier alpha value is -2.57. The summed E-state index contributed by atoms with van der Waals surface area (Å²) in [5, 5.41) is 5.38. The Balaban J connectivity index is 1.79. The summed E-state index contributed by atoms with van der Waals surface area (Å²) in [6.07, 6.45) is 2.03. The Morgan fingerprint density at radius 1 is 1.17 bits per heavy atom. The number of hydrogen-bond donors (Lipinski definition) is 2. The van der Waals surface area contributed by atoms with E-state index >= 15 is 0 Å². The number of likely N-dealkylation sites (tertiary alicyclic amines) is 1. The lowest BCUT2D eigenvalue weighted by Gasteiger charge is -2.16. The number of carbonyl (C=O) groups is 3. The van der Waals surface area contributed by atoms with Gasteiger partial charge in [-0.1, -0.05) is 6.07 Å². The summed E-state index contributed by atoms with van der Waals surface area (Å²) in [5.41, 5.74) is 2.27. The number of nitrogens with one attached hydrogen (secondary N) is 2. The SMILES string of the molecule is COC(=O)c1ccc(CNC(=O)CNC(=O)N2CCCC2)c(C)c1. The van der Waals surface area contributed by atoms with Gasteiger partial charge in [0.25, 0.3) is 0 Å². The van der Waals surface area contributed by atoms with Crippen LogP contribution in [0.3, 0.4) is 0 Å². The van der Waals surface area contributed by atoms with Crippen LogP contribution in [0.25, 0.3) is 0 Å². The maximum absolute atomic E-state index is 11.9. The van der Waals surface area contributed by atoms with Gasteiger partial charge in [-0.15, -0.1) is 0 Å². The van der Waals surface area contributed by atoms with E-state index in [9.17, 15) is 14.4 Å². The normalized spacial score (nSPS) is 13.5. The average Bonchev–Trinajstić information content (AvgIpc) is 3.12. The molecule has 0 aliphatic carbocycles. The summed E-state index contributed by atoms with van der Waals surface area (Å²) < 4.78 is 4.67. The number of hydrogen-bond acceptors (Lipinski definition) is 4. The third-order valence-corrected chi connectivity index (χ3v) is 4.03. The van der Waals surface area contributed by atoms with Crippen LogP contribution in [-0.2, 0) is 16.1 Å². The first kappa shape index (κ1) is 17.8. The number of ether oxygens (including phenoxy) is 1. The fourth-order valence-corrected chi connectivity index (χ4v) is 2.58. The van der Waals surface area contributed by atoms with Gasteiger partial charge in [0.1, 0.15) is 0 Å². The van der Waals surface area contributed by atoms with Gasteiger partial charge in [0.15, 0.2) is 0 Å². The van der Waals surface area contributed by atoms with E-state index in [4.69, 9.17) is 0 Å². The Morgan fingerprint density at radius 3 is 2.50 bits per heavy atom. The Morgan fingerprint density at radius 2 is 1.88 bits per heavy atom. The van der Waals surface area contributed by atoms with Crippen LogP contribution in [0.15, 0.2) is 18.2 Å². The van der Waals surface area contributed by atoms with Crippen molar-refractivity contribution in [2.45, 2.75) is 26.3 Å². The van der Waals surface area contributed by atoms with E-state index in [1.54, 1.807) is 23.1 Å². The molecule has 3 amide bonds. The zero-order valence-corrected chi connectivity index (χ0v) is 14.1. The largest absolute Gasteiger partial charge is 0.465 e. The monoisotopic (exact) mass is 333 g/mol. The van der Waals surface area contributed by atoms with Crippen molar-refractivity contribution in [2.75, 3.05) is 26.7 Å². The van der Waals surface area contributed by atoms with Crippen LogP contribution in [0, 0.1) is 6.92 Å². The standard InChI is InChI=1S/C17H23N3O4/c1-12-9-13(16(22)24-2)5-6-14(12)10-18-15(21)11-19-17(23)20-7-3-4-8-20/h5-6,9H,3-4,7-8,10-11H2,1-2H3,(H,18,21)(H,19,23). The van der Waals surface area contributed by atoms with Crippen molar-refractivity contribution < 1.29 is 19.1 Å². The van der Waals surface area contributed by atoms with Gasteiger partial charge in [0.05, 0.1) is 19.2 Å². The molecule has 2 N–H and O–H groups in total. The summed E-state index contributed by atoms with van der Waals surface area (Å²) >= 11 is 0. The minimum absolute atomic E-state index is 0.0470. The van der Waals surface area contributed by atoms with Gasteiger partial charge in [0, 0.05) is 19.6 Å². The summed E-state index contributed by atoms with van der Waals surface area (Å²) in [4.78, 5) is 36.8. The summed E-state index contributed by atoms with van der Waals surface area (Å²) in [6, 6.07) is 4.98. The van der Waals surface area contributed by atoms with Gasteiger partial charge in [-0.05, 0) is 43.0 Å². The van der Waals surface area contributed by atoms with E-state index in [0.717, 1.165) is 37.1 Å². The molecule has 0 atom stereocenters. The van der Waals surface area contributed by atoms with Gasteiger partial charge in [-0.2, -0.15) is 0 Å². The molecular formula is C17H23N3O4. The van der Waals surface area contributed by atoms with Crippen molar-refractivity contribution in [1.82, 2.24) is 15.5 Å². The number of methoxy groups -OCH3 is 1. The van der Waals surface area contributed by atoms with E-state index in [0.29, 0.717) is 12.1 Å². The third kappa shape index (κ3) is 4.71. The second kappa shape index (κ2) is 8.33. The second-order valence-corrected chi connectivity index (χ2v) is 5.76. The van der Waals surface area contributed by atoms with Crippen LogP contribution in [0.2, 0.25) is 0 Å².